The normalized spacial score (nSPS) is 11.9. The van der Waals surface area contributed by atoms with Gasteiger partial charge in [-0.15, -0.1) is 0 Å². The topological polar surface area (TPSA) is 98.5 Å². The highest BCUT2D eigenvalue weighted by Gasteiger charge is 2.20. The van der Waals surface area contributed by atoms with Crippen LogP contribution in [-0.2, 0) is 16.7 Å². The Morgan fingerprint density at radius 3 is 2.69 bits per heavy atom. The number of nitrogens with zero attached hydrogens (tertiary/aromatic N) is 4. The van der Waals surface area contributed by atoms with Crippen molar-refractivity contribution in [1.82, 2.24) is 19.4 Å². The predicted octanol–water partition coefficient (Wildman–Crippen LogP) is 0.544. The van der Waals surface area contributed by atoms with Crippen molar-refractivity contribution in [3.05, 3.63) is 50.0 Å². The van der Waals surface area contributed by atoms with E-state index in [1.165, 1.54) is 27.3 Å². The summed E-state index contributed by atoms with van der Waals surface area (Å²) in [5.41, 5.74) is -1.47. The van der Waals surface area contributed by atoms with Crippen LogP contribution < -0.4 is 16.6 Å². The molecule has 1 amide bonds. The van der Waals surface area contributed by atoms with Crippen LogP contribution in [0.3, 0.4) is 0 Å². The number of aromatic nitrogens is 3. The summed E-state index contributed by atoms with van der Waals surface area (Å²) in [5, 5.41) is 7.51. The fraction of sp³-hybridized carbons (Fsp3) is 0.333. The van der Waals surface area contributed by atoms with Crippen molar-refractivity contribution < 1.29 is 14.0 Å². The van der Waals surface area contributed by atoms with E-state index in [-0.39, 0.29) is 16.4 Å². The van der Waals surface area contributed by atoms with Gasteiger partial charge in [-0.25, -0.2) is 14.2 Å². The molecule has 26 heavy (non-hydrogen) atoms. The monoisotopic (exact) mass is 385 g/mol. The summed E-state index contributed by atoms with van der Waals surface area (Å²) in [6, 6.07) is 1.46. The highest BCUT2D eigenvalue weighted by Crippen LogP contribution is 2.27. The molecule has 0 radical (unpaired) electrons. The highest BCUT2D eigenvalue weighted by atomic mass is 35.5. The first kappa shape index (κ1) is 19.6. The number of benzene rings is 1. The van der Waals surface area contributed by atoms with E-state index in [1.54, 1.807) is 6.92 Å². The van der Waals surface area contributed by atoms with E-state index in [1.807, 2.05) is 0 Å². The lowest BCUT2D eigenvalue weighted by atomic mass is 10.2. The number of anilines is 1. The number of carbonyl (C=O) groups excluding carboxylic acids is 1. The number of carbonyl (C=O) groups is 1. The van der Waals surface area contributed by atoms with Gasteiger partial charge in [-0.1, -0.05) is 11.6 Å². The molecule has 0 spiro atoms. The molecule has 9 nitrogen and oxygen atoms in total. The van der Waals surface area contributed by atoms with Crippen LogP contribution in [0.2, 0.25) is 5.02 Å². The van der Waals surface area contributed by atoms with Gasteiger partial charge < -0.3 is 5.32 Å². The third-order valence-corrected chi connectivity index (χ3v) is 3.99. The molecule has 1 atom stereocenters. The van der Waals surface area contributed by atoms with E-state index in [0.29, 0.717) is 0 Å². The Labute approximate surface area is 152 Å². The molecule has 0 aliphatic carbocycles. The van der Waals surface area contributed by atoms with Crippen molar-refractivity contribution in [3.8, 4) is 5.69 Å². The number of hydrogen-bond donors (Lipinski definition) is 1. The van der Waals surface area contributed by atoms with Gasteiger partial charge >= 0.3 is 5.69 Å². The molecule has 1 N–H and O–H groups in total. The Kier molecular flexibility index (Phi) is 5.78. The zero-order valence-corrected chi connectivity index (χ0v) is 15.2. The molecule has 2 rings (SSSR count). The van der Waals surface area contributed by atoms with Crippen LogP contribution in [0.15, 0.2) is 27.9 Å². The van der Waals surface area contributed by atoms with E-state index >= 15 is 0 Å². The summed E-state index contributed by atoms with van der Waals surface area (Å²) in [5.74, 6) is -1.21. The highest BCUT2D eigenvalue weighted by molar-refractivity contribution is 6.33. The second kappa shape index (κ2) is 7.67. The van der Waals surface area contributed by atoms with Gasteiger partial charge in [0.25, 0.3) is 11.5 Å². The Morgan fingerprint density at radius 1 is 1.42 bits per heavy atom. The van der Waals surface area contributed by atoms with Crippen LogP contribution in [0.25, 0.3) is 5.69 Å². The first-order valence-corrected chi connectivity index (χ1v) is 7.78. The van der Waals surface area contributed by atoms with E-state index < -0.39 is 29.0 Å². The van der Waals surface area contributed by atoms with Crippen molar-refractivity contribution in [1.29, 1.82) is 0 Å². The van der Waals surface area contributed by atoms with Crippen LogP contribution in [0.1, 0.15) is 6.92 Å². The molecule has 0 bridgehead atoms. The first-order valence-electron chi connectivity index (χ1n) is 7.40. The number of nitrogens with one attached hydrogen (secondary N) is 1. The van der Waals surface area contributed by atoms with E-state index in [0.717, 1.165) is 26.6 Å². The van der Waals surface area contributed by atoms with Crippen LogP contribution in [0.5, 0.6) is 0 Å². The average molecular weight is 386 g/mol. The van der Waals surface area contributed by atoms with Gasteiger partial charge in [0.05, 0.1) is 17.8 Å². The van der Waals surface area contributed by atoms with Gasteiger partial charge in [0, 0.05) is 14.1 Å². The molecular weight excluding hydrogens is 369 g/mol. The molecule has 2 aromatic rings. The van der Waals surface area contributed by atoms with Gasteiger partial charge in [-0.2, -0.15) is 9.78 Å². The summed E-state index contributed by atoms with van der Waals surface area (Å²) in [7, 11) is 4.02. The molecular formula is C15H17ClFN5O4. The molecule has 140 valence electrons. The minimum absolute atomic E-state index is 0.00355. The molecule has 1 unspecified atom stereocenters. The Balaban J connectivity index is 2.48. The largest absolute Gasteiger partial charge is 0.373 e. The van der Waals surface area contributed by atoms with Crippen molar-refractivity contribution in [3.63, 3.8) is 0 Å². The van der Waals surface area contributed by atoms with Crippen LogP contribution in [0, 0.1) is 5.82 Å². The molecule has 1 aromatic carbocycles. The minimum Gasteiger partial charge on any atom is -0.373 e. The molecule has 0 saturated carbocycles. The average Bonchev–Trinajstić information content (AvgIpc) is 2.61. The maximum absolute atomic E-state index is 14.3. The Hall–Kier alpha value is -2.72. The van der Waals surface area contributed by atoms with Gasteiger partial charge in [0.1, 0.15) is 17.9 Å². The lowest BCUT2D eigenvalue weighted by Crippen LogP contribution is -2.39. The Morgan fingerprint density at radius 2 is 2.08 bits per heavy atom. The summed E-state index contributed by atoms with van der Waals surface area (Å²) in [6.45, 7) is 1.56. The molecule has 0 saturated heterocycles. The summed E-state index contributed by atoms with van der Waals surface area (Å²) in [6.07, 6.45) is 0.891. The maximum Gasteiger partial charge on any atom is 0.352 e. The maximum atomic E-state index is 14.3. The molecule has 1 heterocycles. The van der Waals surface area contributed by atoms with Gasteiger partial charge in [0.2, 0.25) is 0 Å². The number of halogens is 2. The fourth-order valence-electron chi connectivity index (χ4n) is 2.11. The smallest absolute Gasteiger partial charge is 0.352 e. The summed E-state index contributed by atoms with van der Waals surface area (Å²) < 4.78 is 15.8. The zero-order chi connectivity index (χ0) is 19.6. The molecule has 0 aliphatic heterocycles. The number of hydrogen-bond acceptors (Lipinski definition) is 6. The number of likely N-dealkylation sites (N-methyl/N-ethyl adjacent to an activating group) is 1. The SMILES string of the molecule is CON(C)C(=O)C(C)Nc1cc(-n2ncc(=O)n(C)c2=O)c(F)cc1Cl. The van der Waals surface area contributed by atoms with E-state index in [4.69, 9.17) is 16.4 Å². The standard InChI is InChI=1S/C15H17ClFN5O4/c1-8(14(24)21(3)26-4)19-11-6-12(10(17)5-9(11)16)22-15(25)20(2)13(23)7-18-22/h5-8,19H,1-4H3. The van der Waals surface area contributed by atoms with Crippen LogP contribution >= 0.6 is 11.6 Å². The number of hydroxylamine groups is 2. The molecule has 11 heteroatoms. The number of amides is 1. The third-order valence-electron chi connectivity index (χ3n) is 3.67. The number of rotatable bonds is 5. The fourth-order valence-corrected chi connectivity index (χ4v) is 2.32. The van der Waals surface area contributed by atoms with Crippen molar-refractivity contribution >= 4 is 23.2 Å². The van der Waals surface area contributed by atoms with Gasteiger partial charge in [-0.3, -0.25) is 19.0 Å². The minimum atomic E-state index is -0.826. The first-order chi connectivity index (χ1) is 12.2. The summed E-state index contributed by atoms with van der Waals surface area (Å²) in [4.78, 5) is 40.5. The van der Waals surface area contributed by atoms with Crippen LogP contribution in [-0.4, -0.2) is 45.5 Å². The van der Waals surface area contributed by atoms with E-state index in [9.17, 15) is 18.8 Å². The van der Waals surface area contributed by atoms with Crippen molar-refractivity contribution in [2.45, 2.75) is 13.0 Å². The lowest BCUT2D eigenvalue weighted by Gasteiger charge is -2.21. The van der Waals surface area contributed by atoms with Crippen molar-refractivity contribution in [2.75, 3.05) is 19.5 Å². The molecule has 0 aliphatic rings. The van der Waals surface area contributed by atoms with E-state index in [2.05, 4.69) is 10.4 Å². The second-order valence-corrected chi connectivity index (χ2v) is 5.81. The van der Waals surface area contributed by atoms with Crippen LogP contribution in [0.4, 0.5) is 10.1 Å². The molecule has 1 aromatic heterocycles. The Bertz CT molecular complexity index is 958. The van der Waals surface area contributed by atoms with Gasteiger partial charge in [0.15, 0.2) is 5.82 Å². The zero-order valence-electron chi connectivity index (χ0n) is 14.5. The second-order valence-electron chi connectivity index (χ2n) is 5.40. The summed E-state index contributed by atoms with van der Waals surface area (Å²) >= 11 is 6.03. The molecule has 0 fully saturated rings. The lowest BCUT2D eigenvalue weighted by molar-refractivity contribution is -0.169. The predicted molar refractivity (Wildman–Crippen MR) is 92.9 cm³/mol. The van der Waals surface area contributed by atoms with Crippen molar-refractivity contribution in [2.24, 2.45) is 7.05 Å². The van der Waals surface area contributed by atoms with Gasteiger partial charge in [-0.05, 0) is 19.1 Å². The third kappa shape index (κ3) is 3.75. The quantitative estimate of drug-likeness (QED) is 0.754.